The molecule has 0 aromatic carbocycles. The smallest absolute Gasteiger partial charge is 0.150 e. The predicted molar refractivity (Wildman–Crippen MR) is 67.8 cm³/mol. The van der Waals surface area contributed by atoms with E-state index in [-0.39, 0.29) is 22.7 Å². The molecule has 0 saturated carbocycles. The molecule has 5 heteroatoms. The molecule has 1 N–H and O–H groups in total. The van der Waals surface area contributed by atoms with Gasteiger partial charge in [0.2, 0.25) is 0 Å². The second-order valence-corrected chi connectivity index (χ2v) is 8.31. The monoisotopic (exact) mass is 261 g/mol. The Morgan fingerprint density at radius 3 is 2.29 bits per heavy atom. The van der Waals surface area contributed by atoms with Crippen molar-refractivity contribution in [3.05, 3.63) is 0 Å². The fraction of sp³-hybridized carbons (Fsp3) is 1.00. The third kappa shape index (κ3) is 2.66. The van der Waals surface area contributed by atoms with Crippen LogP contribution in [0.25, 0.3) is 0 Å². The maximum absolute atomic E-state index is 11.5. The Morgan fingerprint density at radius 2 is 1.76 bits per heavy atom. The van der Waals surface area contributed by atoms with Crippen LogP contribution in [0.15, 0.2) is 0 Å². The Bertz CT molecular complexity index is 377. The Kier molecular flexibility index (Phi) is 3.30. The van der Waals surface area contributed by atoms with Crippen molar-refractivity contribution in [1.29, 1.82) is 0 Å². The lowest BCUT2D eigenvalue weighted by Crippen LogP contribution is -2.63. The molecule has 100 valence electrons. The van der Waals surface area contributed by atoms with Crippen LogP contribution in [-0.2, 0) is 14.6 Å². The molecule has 1 spiro atoms. The third-order valence-electron chi connectivity index (χ3n) is 4.33. The lowest BCUT2D eigenvalue weighted by Gasteiger charge is -2.50. The van der Waals surface area contributed by atoms with Crippen molar-refractivity contribution in [2.24, 2.45) is 5.92 Å². The van der Waals surface area contributed by atoms with Crippen LogP contribution in [0, 0.1) is 5.92 Å². The van der Waals surface area contributed by atoms with Crippen molar-refractivity contribution < 1.29 is 13.2 Å². The molecule has 0 amide bonds. The van der Waals surface area contributed by atoms with Crippen molar-refractivity contribution in [2.75, 3.05) is 24.6 Å². The summed E-state index contributed by atoms with van der Waals surface area (Å²) in [4.78, 5) is 0. The van der Waals surface area contributed by atoms with Crippen molar-refractivity contribution in [3.8, 4) is 0 Å². The van der Waals surface area contributed by atoms with E-state index in [1.165, 1.54) is 0 Å². The summed E-state index contributed by atoms with van der Waals surface area (Å²) in [7, 11) is -2.82. The zero-order valence-corrected chi connectivity index (χ0v) is 11.8. The molecule has 2 fully saturated rings. The summed E-state index contributed by atoms with van der Waals surface area (Å²) in [5, 5.41) is 3.42. The summed E-state index contributed by atoms with van der Waals surface area (Å²) in [5.74, 6) is 0.955. The summed E-state index contributed by atoms with van der Waals surface area (Å²) < 4.78 is 29.3. The summed E-state index contributed by atoms with van der Waals surface area (Å²) in [6.45, 7) is 8.05. The quantitative estimate of drug-likeness (QED) is 0.764. The highest BCUT2D eigenvalue weighted by Crippen LogP contribution is 2.37. The number of rotatable bonds is 1. The number of nitrogens with one attached hydrogen (secondary N) is 1. The lowest BCUT2D eigenvalue weighted by molar-refractivity contribution is -0.191. The van der Waals surface area contributed by atoms with E-state index in [1.54, 1.807) is 0 Å². The average Bonchev–Trinajstić information content (AvgIpc) is 2.23. The van der Waals surface area contributed by atoms with Gasteiger partial charge in [0.25, 0.3) is 0 Å². The number of hydrogen-bond acceptors (Lipinski definition) is 4. The number of morpholine rings is 1. The Labute approximate surface area is 104 Å². The number of hydrogen-bond donors (Lipinski definition) is 1. The minimum absolute atomic E-state index is 0.181. The van der Waals surface area contributed by atoms with Crippen LogP contribution in [0.4, 0.5) is 0 Å². The van der Waals surface area contributed by atoms with Crippen molar-refractivity contribution in [3.63, 3.8) is 0 Å². The molecule has 0 radical (unpaired) electrons. The van der Waals surface area contributed by atoms with Crippen LogP contribution in [-0.4, -0.2) is 44.2 Å². The molecule has 4 nitrogen and oxygen atoms in total. The van der Waals surface area contributed by atoms with Gasteiger partial charge in [0, 0.05) is 13.1 Å². The molecule has 17 heavy (non-hydrogen) atoms. The van der Waals surface area contributed by atoms with Gasteiger partial charge in [-0.1, -0.05) is 13.8 Å². The molecule has 1 unspecified atom stereocenters. The molecule has 2 heterocycles. The van der Waals surface area contributed by atoms with Crippen LogP contribution in [0.1, 0.15) is 33.6 Å². The predicted octanol–water partition coefficient (Wildman–Crippen LogP) is 0.968. The van der Waals surface area contributed by atoms with Crippen LogP contribution in [0.2, 0.25) is 0 Å². The Hall–Kier alpha value is -0.130. The van der Waals surface area contributed by atoms with Gasteiger partial charge < -0.3 is 10.1 Å². The molecule has 1 atom stereocenters. The zero-order chi connectivity index (χ0) is 12.7. The van der Waals surface area contributed by atoms with Crippen molar-refractivity contribution >= 4 is 9.84 Å². The van der Waals surface area contributed by atoms with Gasteiger partial charge in [-0.2, -0.15) is 0 Å². The molecule has 2 saturated heterocycles. The van der Waals surface area contributed by atoms with E-state index in [2.05, 4.69) is 26.1 Å². The molecule has 0 bridgehead atoms. The van der Waals surface area contributed by atoms with Gasteiger partial charge >= 0.3 is 0 Å². The Balaban J connectivity index is 2.12. The topological polar surface area (TPSA) is 55.4 Å². The van der Waals surface area contributed by atoms with E-state index in [1.807, 2.05) is 0 Å². The van der Waals surface area contributed by atoms with E-state index in [4.69, 9.17) is 4.74 Å². The minimum Gasteiger partial charge on any atom is -0.366 e. The highest BCUT2D eigenvalue weighted by Gasteiger charge is 2.47. The molecule has 0 aromatic rings. The highest BCUT2D eigenvalue weighted by molar-refractivity contribution is 7.91. The average molecular weight is 261 g/mol. The van der Waals surface area contributed by atoms with E-state index in [0.717, 1.165) is 13.1 Å². The molecular formula is C12H23NO3S. The Morgan fingerprint density at radius 1 is 1.18 bits per heavy atom. The van der Waals surface area contributed by atoms with E-state index >= 15 is 0 Å². The van der Waals surface area contributed by atoms with Crippen molar-refractivity contribution in [1.82, 2.24) is 5.32 Å². The SMILES string of the molecule is CC(C)C1(C)CNCC2(CCS(=O)(=O)CC2)O1. The summed E-state index contributed by atoms with van der Waals surface area (Å²) in [5.41, 5.74) is -0.443. The summed E-state index contributed by atoms with van der Waals surface area (Å²) >= 11 is 0. The first-order valence-electron chi connectivity index (χ1n) is 6.38. The second-order valence-electron chi connectivity index (χ2n) is 6.01. The largest absolute Gasteiger partial charge is 0.366 e. The number of sulfone groups is 1. The van der Waals surface area contributed by atoms with Gasteiger partial charge in [-0.3, -0.25) is 0 Å². The van der Waals surface area contributed by atoms with Crippen LogP contribution >= 0.6 is 0 Å². The second kappa shape index (κ2) is 4.21. The van der Waals surface area contributed by atoms with E-state index < -0.39 is 9.84 Å². The molecule has 0 aliphatic carbocycles. The standard InChI is InChI=1S/C12H23NO3S/c1-10(2)11(3)8-13-9-12(16-11)4-6-17(14,15)7-5-12/h10,13H,4-9H2,1-3H3. The zero-order valence-electron chi connectivity index (χ0n) is 11.0. The van der Waals surface area contributed by atoms with Crippen LogP contribution in [0.3, 0.4) is 0 Å². The van der Waals surface area contributed by atoms with Crippen LogP contribution < -0.4 is 5.32 Å². The fourth-order valence-corrected chi connectivity index (χ4v) is 4.19. The molecular weight excluding hydrogens is 238 g/mol. The summed E-state index contributed by atoms with van der Waals surface area (Å²) in [6, 6.07) is 0. The van der Waals surface area contributed by atoms with Gasteiger partial charge in [0.1, 0.15) is 0 Å². The lowest BCUT2D eigenvalue weighted by atomic mass is 9.85. The van der Waals surface area contributed by atoms with Crippen LogP contribution in [0.5, 0.6) is 0 Å². The maximum Gasteiger partial charge on any atom is 0.150 e. The van der Waals surface area contributed by atoms with E-state index in [9.17, 15) is 8.42 Å². The molecule has 0 aromatic heterocycles. The first-order chi connectivity index (χ1) is 7.77. The third-order valence-corrected chi connectivity index (χ3v) is 5.98. The minimum atomic E-state index is -2.82. The normalized spacial score (nSPS) is 36.2. The van der Waals surface area contributed by atoms with Gasteiger partial charge in [-0.15, -0.1) is 0 Å². The highest BCUT2D eigenvalue weighted by atomic mass is 32.2. The molecule has 2 aliphatic heterocycles. The van der Waals surface area contributed by atoms with Gasteiger partial charge in [-0.05, 0) is 25.7 Å². The molecule has 2 aliphatic rings. The fourth-order valence-electron chi connectivity index (χ4n) is 2.62. The summed E-state index contributed by atoms with van der Waals surface area (Å²) in [6.07, 6.45) is 1.26. The van der Waals surface area contributed by atoms with Gasteiger partial charge in [0.05, 0.1) is 22.7 Å². The van der Waals surface area contributed by atoms with E-state index in [0.29, 0.717) is 18.8 Å². The van der Waals surface area contributed by atoms with Gasteiger partial charge in [0.15, 0.2) is 9.84 Å². The first-order valence-corrected chi connectivity index (χ1v) is 8.20. The first kappa shape index (κ1) is 13.3. The van der Waals surface area contributed by atoms with Crippen molar-refractivity contribution in [2.45, 2.75) is 44.8 Å². The maximum atomic E-state index is 11.5. The molecule has 2 rings (SSSR count). The van der Waals surface area contributed by atoms with Gasteiger partial charge in [-0.25, -0.2) is 8.42 Å². The number of ether oxygens (including phenoxy) is 1.